The SMILES string of the molecule is CC(C)(C)C1=C/C(=C/N[C@@H]2CCCC[C@H]2N/C=C2/C=C(C(C)(C)C)C=C(C(C)(C)C)C2=O)C(=O)C(C(C)(C)C)=C1.CC(C)O.[Al]. The summed E-state index contributed by atoms with van der Waals surface area (Å²) in [5, 5.41) is 15.3. The van der Waals surface area contributed by atoms with Gasteiger partial charge in [0.2, 0.25) is 0 Å². The minimum Gasteiger partial charge on any atom is -0.394 e. The molecule has 0 amide bonds. The number of ketones is 2. The Labute approximate surface area is 286 Å². The molecule has 2 atom stereocenters. The fourth-order valence-electron chi connectivity index (χ4n) is 5.42. The van der Waals surface area contributed by atoms with E-state index < -0.39 is 0 Å². The first-order valence-corrected chi connectivity index (χ1v) is 16.5. The predicted octanol–water partition coefficient (Wildman–Crippen LogP) is 8.31. The second kappa shape index (κ2) is 15.6. The molecule has 0 aromatic rings. The molecule has 3 aliphatic carbocycles. The van der Waals surface area contributed by atoms with Crippen LogP contribution in [0.15, 0.2) is 70.1 Å². The third-order valence-electron chi connectivity index (χ3n) is 8.26. The summed E-state index contributed by atoms with van der Waals surface area (Å²) in [5.74, 6) is 0.203. The standard InChI is InChI=1S/C36H54N2O2.C3H8O.Al/c1-33(2,3)25-17-23(31(39)27(19-25)35(7,8)9)21-37-29-15-13-14-16-30(29)38-22-24-18-26(34(4,5)6)20-28(32(24)40)36(10,11)12;1-3(2)4;/h17-22,29-30,37-38H,13-16H2,1-12H3;3-4H,1-2H3;/b23-21-,24-22-;;/t29-,30-;;/m1../s1. The number of rotatable bonds is 4. The first-order chi connectivity index (χ1) is 19.9. The number of hydrogen-bond acceptors (Lipinski definition) is 5. The van der Waals surface area contributed by atoms with Gasteiger partial charge in [-0.05, 0) is 71.6 Å². The van der Waals surface area contributed by atoms with Crippen molar-refractivity contribution in [3.8, 4) is 0 Å². The molecule has 1 saturated carbocycles. The van der Waals surface area contributed by atoms with E-state index in [9.17, 15) is 9.59 Å². The molecule has 249 valence electrons. The fourth-order valence-corrected chi connectivity index (χ4v) is 5.42. The maximum absolute atomic E-state index is 13.5. The maximum atomic E-state index is 13.5. The van der Waals surface area contributed by atoms with Crippen LogP contribution in [0.4, 0.5) is 0 Å². The average Bonchev–Trinajstić information content (AvgIpc) is 2.84. The highest BCUT2D eigenvalue weighted by Gasteiger charge is 2.33. The Morgan fingerprint density at radius 1 is 0.622 bits per heavy atom. The van der Waals surface area contributed by atoms with Gasteiger partial charge in [-0.3, -0.25) is 9.59 Å². The quantitative estimate of drug-likeness (QED) is 0.214. The number of carbonyl (C=O) groups excluding carboxylic acids is 2. The summed E-state index contributed by atoms with van der Waals surface area (Å²) in [7, 11) is 0. The number of Topliss-reactive ketones (excluding diaryl/α,β-unsaturated/α-hetero) is 2. The van der Waals surface area contributed by atoms with Gasteiger partial charge in [-0.15, -0.1) is 0 Å². The summed E-state index contributed by atoms with van der Waals surface area (Å²) in [6, 6.07) is 0.340. The minimum absolute atomic E-state index is 0. The molecule has 0 spiro atoms. The molecule has 3 N–H and O–H groups in total. The Kier molecular flexibility index (Phi) is 14.2. The second-order valence-electron chi connectivity index (χ2n) is 17.1. The van der Waals surface area contributed by atoms with Crippen molar-refractivity contribution >= 4 is 28.9 Å². The molecule has 6 heteroatoms. The van der Waals surface area contributed by atoms with E-state index in [1.807, 2.05) is 12.4 Å². The zero-order valence-corrected chi connectivity index (χ0v) is 32.0. The van der Waals surface area contributed by atoms with Crippen molar-refractivity contribution in [3.05, 3.63) is 70.1 Å². The maximum Gasteiger partial charge on any atom is 0.191 e. The third-order valence-corrected chi connectivity index (χ3v) is 8.26. The lowest BCUT2D eigenvalue weighted by Crippen LogP contribution is -2.47. The first kappa shape index (κ1) is 40.9. The molecular weight excluding hydrogens is 571 g/mol. The highest BCUT2D eigenvalue weighted by atomic mass is 27.0. The molecule has 5 nitrogen and oxygen atoms in total. The highest BCUT2D eigenvalue weighted by Crippen LogP contribution is 2.39. The van der Waals surface area contributed by atoms with Crippen molar-refractivity contribution in [2.45, 2.75) is 141 Å². The largest absolute Gasteiger partial charge is 0.394 e. The van der Waals surface area contributed by atoms with E-state index in [1.165, 1.54) is 11.1 Å². The van der Waals surface area contributed by atoms with Gasteiger partial charge in [0, 0.05) is 70.2 Å². The zero-order valence-electron chi connectivity index (χ0n) is 30.9. The van der Waals surface area contributed by atoms with Crippen molar-refractivity contribution in [2.75, 3.05) is 0 Å². The molecule has 3 radical (unpaired) electrons. The van der Waals surface area contributed by atoms with Gasteiger partial charge in [-0.1, -0.05) is 108 Å². The first-order valence-electron chi connectivity index (χ1n) is 16.5. The van der Waals surface area contributed by atoms with E-state index >= 15 is 0 Å². The molecule has 0 unspecified atom stereocenters. The average molecular weight is 634 g/mol. The number of aliphatic hydroxyl groups excluding tert-OH is 1. The molecule has 0 heterocycles. The van der Waals surface area contributed by atoms with E-state index in [0.717, 1.165) is 48.0 Å². The van der Waals surface area contributed by atoms with Gasteiger partial charge in [0.05, 0.1) is 0 Å². The van der Waals surface area contributed by atoms with E-state index in [2.05, 4.69) is 118 Å². The van der Waals surface area contributed by atoms with Crippen LogP contribution in [0, 0.1) is 21.7 Å². The molecule has 3 rings (SSSR count). The van der Waals surface area contributed by atoms with E-state index in [-0.39, 0.29) is 68.8 Å². The summed E-state index contributed by atoms with van der Waals surface area (Å²) < 4.78 is 0. The van der Waals surface area contributed by atoms with Crippen LogP contribution in [-0.4, -0.2) is 52.2 Å². The lowest BCUT2D eigenvalue weighted by Gasteiger charge is -2.34. The van der Waals surface area contributed by atoms with Gasteiger partial charge in [0.1, 0.15) is 0 Å². The predicted molar refractivity (Wildman–Crippen MR) is 192 cm³/mol. The third kappa shape index (κ3) is 11.9. The molecular formula is C39H62AlN2O3. The van der Waals surface area contributed by atoms with Crippen LogP contribution in [0.3, 0.4) is 0 Å². The van der Waals surface area contributed by atoms with Crippen molar-refractivity contribution in [1.82, 2.24) is 10.6 Å². The van der Waals surface area contributed by atoms with Gasteiger partial charge < -0.3 is 15.7 Å². The zero-order chi connectivity index (χ0) is 33.8. The van der Waals surface area contributed by atoms with Gasteiger partial charge >= 0.3 is 0 Å². The Bertz CT molecular complexity index is 1160. The number of nitrogens with one attached hydrogen (secondary N) is 2. The van der Waals surface area contributed by atoms with Crippen LogP contribution in [0.1, 0.15) is 123 Å². The molecule has 45 heavy (non-hydrogen) atoms. The van der Waals surface area contributed by atoms with Crippen LogP contribution in [0.2, 0.25) is 0 Å². The van der Waals surface area contributed by atoms with Crippen LogP contribution in [-0.2, 0) is 9.59 Å². The van der Waals surface area contributed by atoms with E-state index in [1.54, 1.807) is 13.8 Å². The van der Waals surface area contributed by atoms with E-state index in [4.69, 9.17) is 5.11 Å². The summed E-state index contributed by atoms with van der Waals surface area (Å²) in [6.07, 6.45) is 16.3. The topological polar surface area (TPSA) is 78.4 Å². The Morgan fingerprint density at radius 2 is 0.911 bits per heavy atom. The number of carbonyl (C=O) groups is 2. The minimum atomic E-state index is -0.228. The molecule has 3 aliphatic rings. The smallest absolute Gasteiger partial charge is 0.191 e. The molecule has 0 bridgehead atoms. The number of allylic oxidation sites excluding steroid dienone is 10. The highest BCUT2D eigenvalue weighted by molar-refractivity contribution is 6.13. The van der Waals surface area contributed by atoms with Crippen molar-refractivity contribution in [3.63, 3.8) is 0 Å². The van der Waals surface area contributed by atoms with Crippen LogP contribution in [0.5, 0.6) is 0 Å². The van der Waals surface area contributed by atoms with Gasteiger partial charge in [-0.2, -0.15) is 0 Å². The van der Waals surface area contributed by atoms with Gasteiger partial charge in [0.25, 0.3) is 0 Å². The molecule has 0 aromatic carbocycles. The lowest BCUT2D eigenvalue weighted by molar-refractivity contribution is -0.113. The Balaban J connectivity index is 0.00000191. The normalized spacial score (nSPS) is 23.4. The van der Waals surface area contributed by atoms with Crippen LogP contribution >= 0.6 is 0 Å². The number of aliphatic hydroxyl groups is 1. The van der Waals surface area contributed by atoms with Crippen LogP contribution < -0.4 is 10.6 Å². The summed E-state index contributed by atoms with van der Waals surface area (Å²) in [4.78, 5) is 27.0. The summed E-state index contributed by atoms with van der Waals surface area (Å²) >= 11 is 0. The summed E-state index contributed by atoms with van der Waals surface area (Å²) in [5.41, 5.74) is 4.95. The second-order valence-corrected chi connectivity index (χ2v) is 17.1. The van der Waals surface area contributed by atoms with Gasteiger partial charge in [0.15, 0.2) is 11.6 Å². The van der Waals surface area contributed by atoms with Crippen molar-refractivity contribution < 1.29 is 14.7 Å². The molecule has 1 fully saturated rings. The van der Waals surface area contributed by atoms with Gasteiger partial charge in [-0.25, -0.2) is 0 Å². The fraction of sp³-hybridized carbons (Fsp3) is 0.641. The Morgan fingerprint density at radius 3 is 1.16 bits per heavy atom. The molecule has 0 aromatic heterocycles. The summed E-state index contributed by atoms with van der Waals surface area (Å²) in [6.45, 7) is 29.2. The lowest BCUT2D eigenvalue weighted by atomic mass is 9.73. The van der Waals surface area contributed by atoms with Crippen LogP contribution in [0.25, 0.3) is 0 Å². The monoisotopic (exact) mass is 633 g/mol. The van der Waals surface area contributed by atoms with Crippen molar-refractivity contribution in [2.24, 2.45) is 21.7 Å². The number of hydrogen-bond donors (Lipinski definition) is 3. The van der Waals surface area contributed by atoms with E-state index in [0.29, 0.717) is 0 Å². The van der Waals surface area contributed by atoms with Crippen molar-refractivity contribution in [1.29, 1.82) is 0 Å². The molecule has 0 aliphatic heterocycles. The Hall–Kier alpha value is -2.13. The molecule has 0 saturated heterocycles.